The topological polar surface area (TPSA) is 15.7 Å². The van der Waals surface area contributed by atoms with Crippen molar-refractivity contribution in [1.29, 1.82) is 0 Å². The Morgan fingerprint density at radius 1 is 1.15 bits per heavy atom. The third-order valence-electron chi connectivity index (χ3n) is 3.85. The molecule has 1 aromatic carbocycles. The van der Waals surface area contributed by atoms with Crippen molar-refractivity contribution in [2.75, 3.05) is 46.9 Å². The van der Waals surface area contributed by atoms with E-state index in [0.29, 0.717) is 12.0 Å². The first-order valence-electron chi connectivity index (χ1n) is 7.03. The molecule has 0 unspecified atom stereocenters. The lowest BCUT2D eigenvalue weighted by atomic mass is 10.1. The van der Waals surface area contributed by atoms with Gasteiger partial charge < -0.3 is 14.5 Å². The predicted molar refractivity (Wildman–Crippen MR) is 75.2 cm³/mol. The highest BCUT2D eigenvalue weighted by molar-refractivity contribution is 5.32. The summed E-state index contributed by atoms with van der Waals surface area (Å²) >= 11 is 0. The van der Waals surface area contributed by atoms with E-state index in [9.17, 15) is 8.78 Å². The molecule has 2 rings (SSSR count). The van der Waals surface area contributed by atoms with Gasteiger partial charge in [0.2, 0.25) is 0 Å². The summed E-state index contributed by atoms with van der Waals surface area (Å²) < 4.78 is 32.0. The molecule has 1 aliphatic rings. The zero-order chi connectivity index (χ0) is 14.5. The maximum absolute atomic E-state index is 14.0. The van der Waals surface area contributed by atoms with Gasteiger partial charge in [0.15, 0.2) is 17.4 Å². The van der Waals surface area contributed by atoms with E-state index in [4.69, 9.17) is 4.74 Å². The lowest BCUT2D eigenvalue weighted by Gasteiger charge is -2.32. The van der Waals surface area contributed by atoms with Gasteiger partial charge in [0, 0.05) is 26.2 Å². The average Bonchev–Trinajstić information content (AvgIpc) is 2.44. The van der Waals surface area contributed by atoms with Gasteiger partial charge in [-0.1, -0.05) is 6.07 Å². The van der Waals surface area contributed by atoms with Gasteiger partial charge in [0.05, 0.1) is 7.11 Å². The summed E-state index contributed by atoms with van der Waals surface area (Å²) in [7, 11) is 3.41. The molecule has 0 radical (unpaired) electrons. The average molecular weight is 284 g/mol. The summed E-state index contributed by atoms with van der Waals surface area (Å²) in [6.07, 6.45) is 1.48. The summed E-state index contributed by atoms with van der Waals surface area (Å²) in [6.45, 7) is 5.24. The van der Waals surface area contributed by atoms with Gasteiger partial charge >= 0.3 is 0 Å². The smallest absolute Gasteiger partial charge is 0.190 e. The fraction of sp³-hybridized carbons (Fsp3) is 0.600. The van der Waals surface area contributed by atoms with Crippen LogP contribution in [0.4, 0.5) is 8.78 Å². The van der Waals surface area contributed by atoms with Crippen LogP contribution in [0.5, 0.6) is 5.75 Å². The van der Waals surface area contributed by atoms with E-state index in [2.05, 4.69) is 16.8 Å². The highest BCUT2D eigenvalue weighted by Gasteiger charge is 2.16. The van der Waals surface area contributed by atoms with Crippen molar-refractivity contribution >= 4 is 0 Å². The number of hydrogen-bond acceptors (Lipinski definition) is 3. The maximum atomic E-state index is 14.0. The van der Waals surface area contributed by atoms with Crippen molar-refractivity contribution in [2.45, 2.75) is 12.8 Å². The summed E-state index contributed by atoms with van der Waals surface area (Å²) in [6, 6.07) is 2.78. The van der Waals surface area contributed by atoms with Crippen LogP contribution in [0.1, 0.15) is 12.0 Å². The lowest BCUT2D eigenvalue weighted by molar-refractivity contribution is 0.153. The predicted octanol–water partition coefficient (Wildman–Crippen LogP) is 2.15. The molecule has 0 spiro atoms. The van der Waals surface area contributed by atoms with Crippen LogP contribution in [0.2, 0.25) is 0 Å². The van der Waals surface area contributed by atoms with Crippen LogP contribution in [0.3, 0.4) is 0 Å². The number of halogens is 2. The van der Waals surface area contributed by atoms with E-state index < -0.39 is 11.6 Å². The third-order valence-corrected chi connectivity index (χ3v) is 3.85. The molecule has 0 saturated carbocycles. The Hall–Kier alpha value is -1.20. The standard InChI is InChI=1S/C15H22F2N2O/c1-18-8-10-19(11-9-18)7-3-4-12-5-6-13(16)15(20-2)14(12)17/h5-6H,3-4,7-11H2,1-2H3. The number of nitrogens with zero attached hydrogens (tertiary/aromatic N) is 2. The van der Waals surface area contributed by atoms with Gasteiger partial charge in [-0.2, -0.15) is 0 Å². The number of rotatable bonds is 5. The van der Waals surface area contributed by atoms with Gasteiger partial charge in [0.25, 0.3) is 0 Å². The fourth-order valence-electron chi connectivity index (χ4n) is 2.52. The number of likely N-dealkylation sites (N-methyl/N-ethyl adjacent to an activating group) is 1. The molecule has 0 atom stereocenters. The molecule has 1 aromatic rings. The Morgan fingerprint density at radius 3 is 2.50 bits per heavy atom. The Kier molecular flexibility index (Phi) is 5.31. The Morgan fingerprint density at radius 2 is 1.85 bits per heavy atom. The Balaban J connectivity index is 1.85. The van der Waals surface area contributed by atoms with Crippen molar-refractivity contribution in [3.05, 3.63) is 29.3 Å². The van der Waals surface area contributed by atoms with E-state index in [1.807, 2.05) is 0 Å². The molecule has 0 N–H and O–H groups in total. The van der Waals surface area contributed by atoms with Crippen molar-refractivity contribution in [3.8, 4) is 5.75 Å². The summed E-state index contributed by atoms with van der Waals surface area (Å²) in [5.41, 5.74) is 0.525. The minimum Gasteiger partial charge on any atom is -0.491 e. The molecule has 0 aromatic heterocycles. The van der Waals surface area contributed by atoms with Gasteiger partial charge in [-0.25, -0.2) is 8.78 Å². The normalized spacial score (nSPS) is 17.4. The molecule has 0 bridgehead atoms. The second-order valence-corrected chi connectivity index (χ2v) is 5.30. The highest BCUT2D eigenvalue weighted by Crippen LogP contribution is 2.25. The molecule has 20 heavy (non-hydrogen) atoms. The van der Waals surface area contributed by atoms with Crippen LogP contribution in [0.25, 0.3) is 0 Å². The molecule has 1 saturated heterocycles. The van der Waals surface area contributed by atoms with Gasteiger partial charge in [-0.15, -0.1) is 0 Å². The fourth-order valence-corrected chi connectivity index (χ4v) is 2.52. The van der Waals surface area contributed by atoms with Crippen molar-refractivity contribution < 1.29 is 13.5 Å². The van der Waals surface area contributed by atoms with Crippen LogP contribution >= 0.6 is 0 Å². The zero-order valence-corrected chi connectivity index (χ0v) is 12.2. The van der Waals surface area contributed by atoms with Gasteiger partial charge in [0.1, 0.15) is 0 Å². The largest absolute Gasteiger partial charge is 0.491 e. The van der Waals surface area contributed by atoms with Gasteiger partial charge in [-0.05, 0) is 38.1 Å². The first kappa shape index (κ1) is 15.2. The number of methoxy groups -OCH3 is 1. The molecular weight excluding hydrogens is 262 g/mol. The van der Waals surface area contributed by atoms with E-state index in [1.165, 1.54) is 19.2 Å². The van der Waals surface area contributed by atoms with E-state index in [0.717, 1.165) is 39.1 Å². The van der Waals surface area contributed by atoms with Crippen molar-refractivity contribution in [2.24, 2.45) is 0 Å². The zero-order valence-electron chi connectivity index (χ0n) is 12.2. The number of aryl methyl sites for hydroxylation is 1. The summed E-state index contributed by atoms with van der Waals surface area (Å²) in [5.74, 6) is -1.49. The molecule has 1 heterocycles. The molecule has 1 aliphatic heterocycles. The Labute approximate surface area is 119 Å². The minimum atomic E-state index is -0.646. The van der Waals surface area contributed by atoms with Crippen molar-refractivity contribution in [1.82, 2.24) is 9.80 Å². The third kappa shape index (κ3) is 3.67. The number of piperazine rings is 1. The molecule has 0 amide bonds. The highest BCUT2D eigenvalue weighted by atomic mass is 19.1. The van der Waals surface area contributed by atoms with Crippen LogP contribution in [-0.2, 0) is 6.42 Å². The SMILES string of the molecule is COc1c(F)ccc(CCCN2CCN(C)CC2)c1F. The van der Waals surface area contributed by atoms with Crippen LogP contribution in [-0.4, -0.2) is 56.7 Å². The number of ether oxygens (including phenoxy) is 1. The van der Waals surface area contributed by atoms with Crippen LogP contribution < -0.4 is 4.74 Å². The van der Waals surface area contributed by atoms with Crippen LogP contribution in [0, 0.1) is 11.6 Å². The second-order valence-electron chi connectivity index (χ2n) is 5.30. The van der Waals surface area contributed by atoms with E-state index in [-0.39, 0.29) is 5.75 Å². The first-order chi connectivity index (χ1) is 9.61. The van der Waals surface area contributed by atoms with Crippen LogP contribution in [0.15, 0.2) is 12.1 Å². The molecule has 1 fully saturated rings. The van der Waals surface area contributed by atoms with Crippen molar-refractivity contribution in [3.63, 3.8) is 0 Å². The molecule has 3 nitrogen and oxygen atoms in total. The Bertz CT molecular complexity index is 446. The molecule has 5 heteroatoms. The lowest BCUT2D eigenvalue weighted by Crippen LogP contribution is -2.44. The van der Waals surface area contributed by atoms with E-state index in [1.54, 1.807) is 0 Å². The van der Waals surface area contributed by atoms with E-state index >= 15 is 0 Å². The monoisotopic (exact) mass is 284 g/mol. The summed E-state index contributed by atoms with van der Waals surface area (Å²) in [5, 5.41) is 0. The first-order valence-corrected chi connectivity index (χ1v) is 7.03. The molecule has 0 aliphatic carbocycles. The number of benzene rings is 1. The maximum Gasteiger partial charge on any atom is 0.190 e. The number of hydrogen-bond donors (Lipinski definition) is 0. The molecule has 112 valence electrons. The second kappa shape index (κ2) is 6.99. The van der Waals surface area contributed by atoms with Gasteiger partial charge in [-0.3, -0.25) is 0 Å². The molecular formula is C15H22F2N2O. The quantitative estimate of drug-likeness (QED) is 0.824. The minimum absolute atomic E-state index is 0.276. The summed E-state index contributed by atoms with van der Waals surface area (Å²) in [4.78, 5) is 4.69.